The van der Waals surface area contributed by atoms with Crippen LogP contribution in [0.2, 0.25) is 0 Å². The van der Waals surface area contributed by atoms with Crippen molar-refractivity contribution in [1.29, 1.82) is 0 Å². The molecule has 0 aliphatic carbocycles. The molecule has 30 heavy (non-hydrogen) atoms. The summed E-state index contributed by atoms with van der Waals surface area (Å²) in [5.74, 6) is -0.302. The number of methoxy groups -OCH3 is 2. The van der Waals surface area contributed by atoms with E-state index < -0.39 is 45.8 Å². The van der Waals surface area contributed by atoms with Crippen LogP contribution in [-0.2, 0) is 25.0 Å². The van der Waals surface area contributed by atoms with Gasteiger partial charge in [-0.3, -0.25) is 14.5 Å². The average molecular weight is 439 g/mol. The van der Waals surface area contributed by atoms with Gasteiger partial charge >= 0.3 is 6.03 Å². The number of imide groups is 1. The molecule has 2 fully saturated rings. The zero-order valence-electron chi connectivity index (χ0n) is 17.3. The number of sulfone groups is 1. The molecular weight excluding hydrogens is 414 g/mol. The molecule has 10 nitrogen and oxygen atoms in total. The molecule has 0 bridgehead atoms. The monoisotopic (exact) mass is 439 g/mol. The van der Waals surface area contributed by atoms with E-state index in [-0.39, 0.29) is 11.5 Å². The van der Waals surface area contributed by atoms with E-state index in [4.69, 9.17) is 9.47 Å². The first-order valence-corrected chi connectivity index (χ1v) is 11.2. The van der Waals surface area contributed by atoms with Crippen LogP contribution in [0.5, 0.6) is 11.5 Å². The van der Waals surface area contributed by atoms with E-state index in [2.05, 4.69) is 5.32 Å². The highest BCUT2D eigenvalue weighted by molar-refractivity contribution is 7.91. The minimum Gasteiger partial charge on any atom is -0.493 e. The number of rotatable bonds is 6. The number of likely N-dealkylation sites (N-methyl/N-ethyl adjacent to an activating group) is 1. The highest BCUT2D eigenvalue weighted by atomic mass is 32.2. The molecule has 164 valence electrons. The van der Waals surface area contributed by atoms with Gasteiger partial charge < -0.3 is 19.7 Å². The van der Waals surface area contributed by atoms with Crippen LogP contribution in [0.15, 0.2) is 18.2 Å². The van der Waals surface area contributed by atoms with Gasteiger partial charge in [0.25, 0.3) is 5.91 Å². The minimum atomic E-state index is -3.17. The lowest BCUT2D eigenvalue weighted by Crippen LogP contribution is -2.46. The summed E-state index contributed by atoms with van der Waals surface area (Å²) in [5.41, 5.74) is -0.907. The quantitative estimate of drug-likeness (QED) is 0.625. The Balaban J connectivity index is 1.78. The van der Waals surface area contributed by atoms with Crippen molar-refractivity contribution in [3.63, 3.8) is 0 Å². The Morgan fingerprint density at radius 2 is 1.93 bits per heavy atom. The second kappa shape index (κ2) is 7.78. The molecule has 0 radical (unpaired) electrons. The summed E-state index contributed by atoms with van der Waals surface area (Å²) in [6, 6.07) is 3.71. The summed E-state index contributed by atoms with van der Waals surface area (Å²) in [5, 5.41) is 2.64. The Morgan fingerprint density at radius 3 is 2.50 bits per heavy atom. The van der Waals surface area contributed by atoms with E-state index in [0.717, 1.165) is 4.90 Å². The summed E-state index contributed by atoms with van der Waals surface area (Å²) >= 11 is 0. The molecule has 4 amide bonds. The number of carbonyl (C=O) groups is 3. The van der Waals surface area contributed by atoms with Crippen LogP contribution in [-0.4, -0.2) is 81.4 Å². The van der Waals surface area contributed by atoms with Crippen LogP contribution >= 0.6 is 0 Å². The van der Waals surface area contributed by atoms with E-state index in [9.17, 15) is 22.8 Å². The maximum absolute atomic E-state index is 13.1. The highest BCUT2D eigenvalue weighted by Gasteiger charge is 2.50. The third-order valence-electron chi connectivity index (χ3n) is 5.68. The molecule has 11 heteroatoms. The summed E-state index contributed by atoms with van der Waals surface area (Å²) < 4.78 is 33.8. The topological polar surface area (TPSA) is 122 Å². The van der Waals surface area contributed by atoms with Gasteiger partial charge in [0, 0.05) is 13.1 Å². The Morgan fingerprint density at radius 1 is 1.27 bits per heavy atom. The number of hydrogen-bond donors (Lipinski definition) is 1. The Bertz CT molecular complexity index is 994. The first-order valence-electron chi connectivity index (χ1n) is 9.35. The van der Waals surface area contributed by atoms with Crippen molar-refractivity contribution < 1.29 is 32.3 Å². The lowest BCUT2D eigenvalue weighted by atomic mass is 9.91. The predicted octanol–water partition coefficient (Wildman–Crippen LogP) is 0.116. The highest BCUT2D eigenvalue weighted by Crippen LogP contribution is 2.35. The normalized spacial score (nSPS) is 25.2. The minimum absolute atomic E-state index is 0.0236. The van der Waals surface area contributed by atoms with Crippen LogP contribution in [0.3, 0.4) is 0 Å². The molecule has 0 spiro atoms. The SMILES string of the molecule is COc1ccc([C@]2(C)NC(=O)N(CC(=O)N(C)[C@@H]3CCS(=O)(=O)C3)C2=O)cc1OC. The van der Waals surface area contributed by atoms with Crippen LogP contribution in [0, 0.1) is 0 Å². The number of carbonyl (C=O) groups excluding carboxylic acids is 3. The van der Waals surface area contributed by atoms with Crippen molar-refractivity contribution in [2.45, 2.75) is 24.9 Å². The van der Waals surface area contributed by atoms with Crippen LogP contribution in [0.4, 0.5) is 4.79 Å². The fraction of sp³-hybridized carbons (Fsp3) is 0.526. The van der Waals surface area contributed by atoms with Gasteiger partial charge in [-0.25, -0.2) is 13.2 Å². The Labute approximate surface area is 175 Å². The first kappa shape index (κ1) is 21.9. The number of benzene rings is 1. The lowest BCUT2D eigenvalue weighted by molar-refractivity contribution is -0.139. The number of nitrogens with zero attached hydrogens (tertiary/aromatic N) is 2. The van der Waals surface area contributed by atoms with Crippen molar-refractivity contribution in [1.82, 2.24) is 15.1 Å². The molecule has 3 rings (SSSR count). The second-order valence-corrected chi connectivity index (χ2v) is 9.81. The van der Waals surface area contributed by atoms with Gasteiger partial charge in [-0.1, -0.05) is 6.07 Å². The molecule has 1 aromatic carbocycles. The van der Waals surface area contributed by atoms with Gasteiger partial charge in [-0.2, -0.15) is 0 Å². The Hall–Kier alpha value is -2.82. The molecule has 2 aliphatic heterocycles. The molecular formula is C19H25N3O7S. The molecule has 1 aromatic rings. The number of hydrogen-bond acceptors (Lipinski definition) is 7. The van der Waals surface area contributed by atoms with Crippen LogP contribution < -0.4 is 14.8 Å². The fourth-order valence-corrected chi connectivity index (χ4v) is 5.49. The van der Waals surface area contributed by atoms with E-state index in [1.165, 1.54) is 26.2 Å². The van der Waals surface area contributed by atoms with Gasteiger partial charge in [0.2, 0.25) is 5.91 Å². The van der Waals surface area contributed by atoms with Crippen molar-refractivity contribution >= 4 is 27.7 Å². The molecule has 0 saturated carbocycles. The van der Waals surface area contributed by atoms with Crippen molar-refractivity contribution in [3.05, 3.63) is 23.8 Å². The number of nitrogens with one attached hydrogen (secondary N) is 1. The predicted molar refractivity (Wildman–Crippen MR) is 107 cm³/mol. The van der Waals surface area contributed by atoms with Crippen molar-refractivity contribution in [3.8, 4) is 11.5 Å². The molecule has 2 saturated heterocycles. The largest absolute Gasteiger partial charge is 0.493 e. The molecule has 0 aromatic heterocycles. The molecule has 1 N–H and O–H groups in total. The fourth-order valence-electron chi connectivity index (χ4n) is 3.71. The molecule has 2 atom stereocenters. The smallest absolute Gasteiger partial charge is 0.325 e. The number of amides is 4. The molecule has 0 unspecified atom stereocenters. The van der Waals surface area contributed by atoms with Gasteiger partial charge in [0.05, 0.1) is 25.7 Å². The van der Waals surface area contributed by atoms with Crippen LogP contribution in [0.1, 0.15) is 18.9 Å². The second-order valence-electron chi connectivity index (χ2n) is 7.58. The van der Waals surface area contributed by atoms with E-state index in [1.54, 1.807) is 25.1 Å². The lowest BCUT2D eigenvalue weighted by Gasteiger charge is -2.26. The Kier molecular flexibility index (Phi) is 5.68. The summed E-state index contributed by atoms with van der Waals surface area (Å²) in [7, 11) is 1.27. The van der Waals surface area contributed by atoms with E-state index in [1.807, 2.05) is 0 Å². The molecule has 2 aliphatic rings. The van der Waals surface area contributed by atoms with Crippen LogP contribution in [0.25, 0.3) is 0 Å². The summed E-state index contributed by atoms with van der Waals surface area (Å²) in [6.07, 6.45) is 0.341. The molecule has 2 heterocycles. The van der Waals surface area contributed by atoms with Crippen molar-refractivity contribution in [2.24, 2.45) is 0 Å². The third kappa shape index (κ3) is 3.81. The number of urea groups is 1. The standard InChI is InChI=1S/C19H25N3O7S/c1-19(12-5-6-14(28-3)15(9-12)29-4)17(24)22(18(25)20-19)10-16(23)21(2)13-7-8-30(26,27)11-13/h5-6,9,13H,7-8,10-11H2,1-4H3,(H,20,25)/t13-,19+/m1/s1. The first-order chi connectivity index (χ1) is 14.0. The van der Waals surface area contributed by atoms with E-state index in [0.29, 0.717) is 23.5 Å². The van der Waals surface area contributed by atoms with Gasteiger partial charge in [0.15, 0.2) is 21.3 Å². The number of ether oxygens (including phenoxy) is 2. The average Bonchev–Trinajstić information content (AvgIpc) is 3.18. The summed E-state index contributed by atoms with van der Waals surface area (Å²) in [6.45, 7) is 1.08. The van der Waals surface area contributed by atoms with Gasteiger partial charge in [0.1, 0.15) is 12.1 Å². The van der Waals surface area contributed by atoms with Gasteiger partial charge in [-0.05, 0) is 31.0 Å². The summed E-state index contributed by atoms with van der Waals surface area (Å²) in [4.78, 5) is 40.4. The van der Waals surface area contributed by atoms with Crippen molar-refractivity contribution in [2.75, 3.05) is 39.3 Å². The zero-order chi connectivity index (χ0) is 22.3. The van der Waals surface area contributed by atoms with E-state index >= 15 is 0 Å². The van der Waals surface area contributed by atoms with Gasteiger partial charge in [-0.15, -0.1) is 0 Å². The maximum atomic E-state index is 13.1. The zero-order valence-corrected chi connectivity index (χ0v) is 18.1. The maximum Gasteiger partial charge on any atom is 0.325 e. The third-order valence-corrected chi connectivity index (χ3v) is 7.43.